The normalized spacial score (nSPS) is 14.2. The van der Waals surface area contributed by atoms with Crippen LogP contribution in [0.15, 0.2) is 22.7 Å². The molecule has 0 atom stereocenters. The number of aromatic nitrogens is 2. The van der Waals surface area contributed by atoms with Gasteiger partial charge in [-0.1, -0.05) is 5.16 Å². The number of nitrogens with zero attached hydrogens (tertiary/aromatic N) is 2. The number of nitrogen functional groups attached to an aromatic ring is 1. The Bertz CT molecular complexity index is 593. The van der Waals surface area contributed by atoms with Crippen LogP contribution in [0.2, 0.25) is 0 Å². The molecule has 1 saturated carbocycles. The van der Waals surface area contributed by atoms with Gasteiger partial charge in [-0.2, -0.15) is 4.98 Å². The molecule has 0 amide bonds. The van der Waals surface area contributed by atoms with E-state index in [-0.39, 0.29) is 0 Å². The summed E-state index contributed by atoms with van der Waals surface area (Å²) in [6.45, 7) is 3.11. The minimum absolute atomic E-state index is 0.496. The van der Waals surface area contributed by atoms with Crippen molar-refractivity contribution in [2.45, 2.75) is 26.3 Å². The summed E-state index contributed by atoms with van der Waals surface area (Å²) < 4.78 is 10.8. The molecule has 6 heteroatoms. The minimum Gasteiger partial charge on any atom is -0.476 e. The van der Waals surface area contributed by atoms with E-state index in [1.165, 1.54) is 12.8 Å². The number of pyridine rings is 1. The molecule has 2 aromatic rings. The van der Waals surface area contributed by atoms with Gasteiger partial charge in [-0.25, -0.2) is 0 Å². The average Bonchev–Trinajstić information content (AvgIpc) is 3.18. The Balaban J connectivity index is 1.61. The third-order valence-electron chi connectivity index (χ3n) is 3.16. The highest BCUT2D eigenvalue weighted by Gasteiger charge is 2.22. The Hall–Kier alpha value is -2.24. The summed E-state index contributed by atoms with van der Waals surface area (Å²) in [5.41, 5.74) is 7.29. The molecule has 0 radical (unpaired) electrons. The Morgan fingerprint density at radius 3 is 3.00 bits per heavy atom. The predicted molar refractivity (Wildman–Crippen MR) is 75.4 cm³/mol. The zero-order valence-electron chi connectivity index (χ0n) is 11.4. The van der Waals surface area contributed by atoms with Crippen LogP contribution in [0.5, 0.6) is 5.88 Å². The van der Waals surface area contributed by atoms with Gasteiger partial charge in [0.1, 0.15) is 5.82 Å². The molecule has 2 aromatic heterocycles. The van der Waals surface area contributed by atoms with E-state index in [9.17, 15) is 0 Å². The van der Waals surface area contributed by atoms with Gasteiger partial charge in [-0.3, -0.25) is 0 Å². The van der Waals surface area contributed by atoms with E-state index in [0.717, 1.165) is 11.5 Å². The lowest BCUT2D eigenvalue weighted by Gasteiger charge is -2.09. The number of nitrogens with two attached hydrogens (primary N) is 1. The summed E-state index contributed by atoms with van der Waals surface area (Å²) in [5, 5.41) is 7.00. The monoisotopic (exact) mass is 274 g/mol. The van der Waals surface area contributed by atoms with Crippen LogP contribution in [-0.4, -0.2) is 16.7 Å². The fraction of sp³-hybridized carbons (Fsp3) is 0.429. The van der Waals surface area contributed by atoms with E-state index in [0.29, 0.717) is 36.5 Å². The fourth-order valence-corrected chi connectivity index (χ4v) is 1.82. The van der Waals surface area contributed by atoms with Gasteiger partial charge in [0.15, 0.2) is 5.76 Å². The van der Waals surface area contributed by atoms with E-state index in [2.05, 4.69) is 15.5 Å². The van der Waals surface area contributed by atoms with Crippen LogP contribution in [0.1, 0.15) is 24.3 Å². The first-order valence-electron chi connectivity index (χ1n) is 6.76. The lowest BCUT2D eigenvalue weighted by atomic mass is 10.3. The van der Waals surface area contributed by atoms with Crippen LogP contribution < -0.4 is 15.8 Å². The number of hydrogen-bond acceptors (Lipinski definition) is 6. The summed E-state index contributed by atoms with van der Waals surface area (Å²) in [6, 6.07) is 5.50. The number of rotatable bonds is 6. The minimum atomic E-state index is 0.496. The van der Waals surface area contributed by atoms with Crippen LogP contribution in [0.3, 0.4) is 0 Å². The smallest absolute Gasteiger partial charge is 0.239 e. The van der Waals surface area contributed by atoms with E-state index < -0.39 is 0 Å². The highest BCUT2D eigenvalue weighted by molar-refractivity contribution is 5.53. The maximum Gasteiger partial charge on any atom is 0.239 e. The first-order chi connectivity index (χ1) is 9.70. The molecule has 3 N–H and O–H groups in total. The number of ether oxygens (including phenoxy) is 1. The first kappa shape index (κ1) is 12.8. The average molecular weight is 274 g/mol. The van der Waals surface area contributed by atoms with Crippen LogP contribution in [0.4, 0.5) is 11.5 Å². The zero-order valence-corrected chi connectivity index (χ0v) is 11.4. The molecular weight excluding hydrogens is 256 g/mol. The maximum atomic E-state index is 5.86. The molecular formula is C14H18N4O2. The van der Waals surface area contributed by atoms with Crippen molar-refractivity contribution in [1.29, 1.82) is 0 Å². The molecule has 0 saturated heterocycles. The van der Waals surface area contributed by atoms with Crippen molar-refractivity contribution in [3.63, 3.8) is 0 Å². The summed E-state index contributed by atoms with van der Waals surface area (Å²) in [7, 11) is 0. The predicted octanol–water partition coefficient (Wildman–Crippen LogP) is 2.36. The maximum absolute atomic E-state index is 5.86. The molecule has 1 aliphatic carbocycles. The summed E-state index contributed by atoms with van der Waals surface area (Å²) in [4.78, 5) is 4.37. The zero-order chi connectivity index (χ0) is 13.9. The Kier molecular flexibility index (Phi) is 3.45. The molecule has 1 fully saturated rings. The highest BCUT2D eigenvalue weighted by atomic mass is 16.5. The number of hydrogen-bond donors (Lipinski definition) is 2. The molecule has 0 bridgehead atoms. The molecule has 3 rings (SSSR count). The van der Waals surface area contributed by atoms with Gasteiger partial charge in [0.25, 0.3) is 0 Å². The third kappa shape index (κ3) is 3.20. The largest absolute Gasteiger partial charge is 0.476 e. The van der Waals surface area contributed by atoms with Gasteiger partial charge in [-0.15, -0.1) is 0 Å². The van der Waals surface area contributed by atoms with Crippen molar-refractivity contribution in [2.75, 3.05) is 17.7 Å². The summed E-state index contributed by atoms with van der Waals surface area (Å²) >= 11 is 0. The van der Waals surface area contributed by atoms with Gasteiger partial charge >= 0.3 is 0 Å². The SMILES string of the molecule is Cc1cc(CNc2ccc(N)c(OCC3CC3)n2)on1. The molecule has 1 aliphatic rings. The number of aryl methyl sites for hydroxylation is 1. The van der Waals surface area contributed by atoms with E-state index in [1.54, 1.807) is 6.07 Å². The second-order valence-electron chi connectivity index (χ2n) is 5.13. The molecule has 0 spiro atoms. The standard InChI is InChI=1S/C14H18N4O2/c1-9-6-11(20-18-9)7-16-13-5-4-12(15)14(17-13)19-8-10-2-3-10/h4-6,10H,2-3,7-8,15H2,1H3,(H,16,17). The van der Waals surface area contributed by atoms with Crippen molar-refractivity contribution in [3.05, 3.63) is 29.7 Å². The van der Waals surface area contributed by atoms with Gasteiger partial charge in [-0.05, 0) is 37.8 Å². The number of nitrogens with one attached hydrogen (secondary N) is 1. The third-order valence-corrected chi connectivity index (χ3v) is 3.16. The highest BCUT2D eigenvalue weighted by Crippen LogP contribution is 2.30. The van der Waals surface area contributed by atoms with Crippen LogP contribution in [0, 0.1) is 12.8 Å². The molecule has 106 valence electrons. The van der Waals surface area contributed by atoms with Crippen molar-refractivity contribution in [1.82, 2.24) is 10.1 Å². The molecule has 0 aromatic carbocycles. The Labute approximate surface area is 117 Å². The van der Waals surface area contributed by atoms with Crippen molar-refractivity contribution < 1.29 is 9.26 Å². The van der Waals surface area contributed by atoms with Crippen molar-refractivity contribution in [2.24, 2.45) is 5.92 Å². The Morgan fingerprint density at radius 2 is 2.30 bits per heavy atom. The number of anilines is 2. The summed E-state index contributed by atoms with van der Waals surface area (Å²) in [6.07, 6.45) is 2.48. The van der Waals surface area contributed by atoms with E-state index >= 15 is 0 Å². The van der Waals surface area contributed by atoms with Crippen LogP contribution in [-0.2, 0) is 6.54 Å². The summed E-state index contributed by atoms with van der Waals surface area (Å²) in [5.74, 6) is 2.64. The van der Waals surface area contributed by atoms with Crippen molar-refractivity contribution in [3.8, 4) is 5.88 Å². The first-order valence-corrected chi connectivity index (χ1v) is 6.76. The van der Waals surface area contributed by atoms with Gasteiger partial charge in [0, 0.05) is 6.07 Å². The Morgan fingerprint density at radius 1 is 1.45 bits per heavy atom. The van der Waals surface area contributed by atoms with E-state index in [4.69, 9.17) is 15.0 Å². The van der Waals surface area contributed by atoms with Crippen molar-refractivity contribution >= 4 is 11.5 Å². The van der Waals surface area contributed by atoms with E-state index in [1.807, 2.05) is 19.1 Å². The van der Waals surface area contributed by atoms with Crippen LogP contribution in [0.25, 0.3) is 0 Å². The second-order valence-corrected chi connectivity index (χ2v) is 5.13. The molecule has 20 heavy (non-hydrogen) atoms. The second kappa shape index (κ2) is 5.40. The fourth-order valence-electron chi connectivity index (χ4n) is 1.82. The lowest BCUT2D eigenvalue weighted by molar-refractivity contribution is 0.290. The van der Waals surface area contributed by atoms with Gasteiger partial charge in [0.2, 0.25) is 5.88 Å². The molecule has 0 aliphatic heterocycles. The topological polar surface area (TPSA) is 86.2 Å². The lowest BCUT2D eigenvalue weighted by Crippen LogP contribution is -2.06. The molecule has 2 heterocycles. The quantitative estimate of drug-likeness (QED) is 0.841. The molecule has 0 unspecified atom stereocenters. The molecule has 6 nitrogen and oxygen atoms in total. The van der Waals surface area contributed by atoms with Crippen LogP contribution >= 0.6 is 0 Å². The van der Waals surface area contributed by atoms with Gasteiger partial charge in [0.05, 0.1) is 24.5 Å². The van der Waals surface area contributed by atoms with Gasteiger partial charge < -0.3 is 20.3 Å².